The van der Waals surface area contributed by atoms with Gasteiger partial charge < -0.3 is 9.64 Å². The van der Waals surface area contributed by atoms with Gasteiger partial charge >= 0.3 is 6.09 Å². The molecule has 0 atom stereocenters. The second kappa shape index (κ2) is 8.80. The molecule has 0 N–H and O–H groups in total. The van der Waals surface area contributed by atoms with Gasteiger partial charge in [-0.3, -0.25) is 4.79 Å². The third kappa shape index (κ3) is 6.20. The Hall–Kier alpha value is -2.69. The van der Waals surface area contributed by atoms with Gasteiger partial charge in [0.1, 0.15) is 12.4 Å². The first-order valence-electron chi connectivity index (χ1n) is 8.94. The number of amides is 1. The highest BCUT2D eigenvalue weighted by atomic mass is 19.1. The lowest BCUT2D eigenvalue weighted by atomic mass is 10.0. The van der Waals surface area contributed by atoms with E-state index in [4.69, 9.17) is 4.74 Å². The molecule has 0 aliphatic rings. The van der Waals surface area contributed by atoms with Gasteiger partial charge in [-0.15, -0.1) is 0 Å². The fraction of sp³-hybridized carbons (Fsp3) is 0.364. The Kier molecular flexibility index (Phi) is 6.72. The second-order valence-corrected chi connectivity index (χ2v) is 7.52. The van der Waals surface area contributed by atoms with Crippen molar-refractivity contribution in [2.75, 3.05) is 13.7 Å². The Bertz CT molecular complexity index is 794. The summed E-state index contributed by atoms with van der Waals surface area (Å²) < 4.78 is 18.2. The molecule has 0 aliphatic heterocycles. The Morgan fingerprint density at radius 1 is 1.04 bits per heavy atom. The smallest absolute Gasteiger partial charge is 0.409 e. The fourth-order valence-electron chi connectivity index (χ4n) is 2.44. The number of nitrogens with zero attached hydrogens (tertiary/aromatic N) is 1. The molecule has 1 amide bonds. The van der Waals surface area contributed by atoms with E-state index < -0.39 is 6.09 Å². The SMILES string of the molecule is CN(C(=O)OCCC(=O)c1cccc(Cc2ccc(F)cc2)c1)C(C)(C)C. The molecular weight excluding hydrogens is 345 g/mol. The van der Waals surface area contributed by atoms with Crippen molar-refractivity contribution >= 4 is 11.9 Å². The first-order valence-corrected chi connectivity index (χ1v) is 8.94. The van der Waals surface area contributed by atoms with Gasteiger partial charge in [0, 0.05) is 24.6 Å². The summed E-state index contributed by atoms with van der Waals surface area (Å²) >= 11 is 0. The van der Waals surface area contributed by atoms with E-state index in [9.17, 15) is 14.0 Å². The van der Waals surface area contributed by atoms with Crippen LogP contribution in [0.2, 0.25) is 0 Å². The Balaban J connectivity index is 1.91. The van der Waals surface area contributed by atoms with Gasteiger partial charge in [-0.25, -0.2) is 9.18 Å². The van der Waals surface area contributed by atoms with E-state index in [1.165, 1.54) is 17.0 Å². The molecular formula is C22H26FNO3. The predicted molar refractivity (Wildman–Crippen MR) is 103 cm³/mol. The molecule has 0 fully saturated rings. The first-order chi connectivity index (χ1) is 12.7. The van der Waals surface area contributed by atoms with Crippen LogP contribution >= 0.6 is 0 Å². The zero-order valence-corrected chi connectivity index (χ0v) is 16.3. The van der Waals surface area contributed by atoms with Crippen molar-refractivity contribution in [1.29, 1.82) is 0 Å². The van der Waals surface area contributed by atoms with E-state index in [1.54, 1.807) is 25.2 Å². The van der Waals surface area contributed by atoms with Crippen molar-refractivity contribution in [2.45, 2.75) is 39.2 Å². The topological polar surface area (TPSA) is 46.6 Å². The molecule has 5 heteroatoms. The Morgan fingerprint density at radius 3 is 2.33 bits per heavy atom. The third-order valence-corrected chi connectivity index (χ3v) is 4.41. The normalized spacial score (nSPS) is 11.1. The monoisotopic (exact) mass is 371 g/mol. The van der Waals surface area contributed by atoms with E-state index in [0.717, 1.165) is 11.1 Å². The highest BCUT2D eigenvalue weighted by molar-refractivity contribution is 5.96. The van der Waals surface area contributed by atoms with E-state index in [1.807, 2.05) is 39.0 Å². The van der Waals surface area contributed by atoms with Crippen LogP contribution in [-0.2, 0) is 11.2 Å². The van der Waals surface area contributed by atoms with Crippen molar-refractivity contribution < 1.29 is 18.7 Å². The average molecular weight is 371 g/mol. The summed E-state index contributed by atoms with van der Waals surface area (Å²) in [6, 6.07) is 13.6. The molecule has 2 aromatic rings. The van der Waals surface area contributed by atoms with E-state index in [0.29, 0.717) is 12.0 Å². The van der Waals surface area contributed by atoms with Crippen LogP contribution in [-0.4, -0.2) is 36.0 Å². The minimum Gasteiger partial charge on any atom is -0.449 e. The maximum Gasteiger partial charge on any atom is 0.409 e. The predicted octanol–water partition coefficient (Wildman–Crippen LogP) is 4.86. The third-order valence-electron chi connectivity index (χ3n) is 4.41. The van der Waals surface area contributed by atoms with Crippen LogP contribution in [0.1, 0.15) is 48.7 Å². The highest BCUT2D eigenvalue weighted by Crippen LogP contribution is 2.15. The number of hydrogen-bond donors (Lipinski definition) is 0. The summed E-state index contributed by atoms with van der Waals surface area (Å²) in [5, 5.41) is 0. The molecule has 2 rings (SSSR count). The number of ketones is 1. The lowest BCUT2D eigenvalue weighted by Gasteiger charge is -2.30. The van der Waals surface area contributed by atoms with Crippen molar-refractivity contribution in [3.63, 3.8) is 0 Å². The van der Waals surface area contributed by atoms with Gasteiger partial charge in [0.25, 0.3) is 0 Å². The Labute approximate surface area is 159 Å². The Morgan fingerprint density at radius 2 is 1.70 bits per heavy atom. The van der Waals surface area contributed by atoms with Gasteiger partial charge in [-0.2, -0.15) is 0 Å². The molecule has 0 bridgehead atoms. The van der Waals surface area contributed by atoms with Crippen LogP contribution in [0.3, 0.4) is 0 Å². The van der Waals surface area contributed by atoms with E-state index in [-0.39, 0.29) is 30.2 Å². The lowest BCUT2D eigenvalue weighted by molar-refractivity contribution is 0.0753. The van der Waals surface area contributed by atoms with Crippen LogP contribution in [0.15, 0.2) is 48.5 Å². The van der Waals surface area contributed by atoms with Crippen molar-refractivity contribution in [3.8, 4) is 0 Å². The average Bonchev–Trinajstić information content (AvgIpc) is 2.62. The number of benzene rings is 2. The zero-order valence-electron chi connectivity index (χ0n) is 16.3. The van der Waals surface area contributed by atoms with Crippen LogP contribution in [0, 0.1) is 5.82 Å². The largest absolute Gasteiger partial charge is 0.449 e. The molecule has 4 nitrogen and oxygen atoms in total. The van der Waals surface area contributed by atoms with Crippen molar-refractivity contribution in [3.05, 3.63) is 71.0 Å². The quantitative estimate of drug-likeness (QED) is 0.682. The van der Waals surface area contributed by atoms with Crippen LogP contribution in [0.5, 0.6) is 0 Å². The molecule has 0 unspecified atom stereocenters. The summed E-state index contributed by atoms with van der Waals surface area (Å²) in [4.78, 5) is 25.8. The van der Waals surface area contributed by atoms with E-state index in [2.05, 4.69) is 0 Å². The molecule has 0 aromatic heterocycles. The van der Waals surface area contributed by atoms with Gasteiger partial charge in [-0.1, -0.05) is 30.3 Å². The molecule has 27 heavy (non-hydrogen) atoms. The zero-order chi connectivity index (χ0) is 20.0. The standard InChI is InChI=1S/C22H26FNO3/c1-22(2,3)24(4)21(26)27-13-12-20(25)18-7-5-6-17(15-18)14-16-8-10-19(23)11-9-16/h5-11,15H,12-14H2,1-4H3. The molecule has 144 valence electrons. The fourth-order valence-corrected chi connectivity index (χ4v) is 2.44. The van der Waals surface area contributed by atoms with Crippen molar-refractivity contribution in [2.24, 2.45) is 0 Å². The molecule has 2 aromatic carbocycles. The first kappa shape index (κ1) is 20.6. The van der Waals surface area contributed by atoms with Crippen LogP contribution in [0.4, 0.5) is 9.18 Å². The lowest BCUT2D eigenvalue weighted by Crippen LogP contribution is -2.43. The summed E-state index contributed by atoms with van der Waals surface area (Å²) in [5.74, 6) is -0.350. The minimum absolute atomic E-state index is 0.0419. The number of carbonyl (C=O) groups excluding carboxylic acids is 2. The van der Waals surface area contributed by atoms with E-state index >= 15 is 0 Å². The highest BCUT2D eigenvalue weighted by Gasteiger charge is 2.23. The van der Waals surface area contributed by atoms with Gasteiger partial charge in [-0.05, 0) is 56.5 Å². The molecule has 0 aliphatic carbocycles. The summed E-state index contributed by atoms with van der Waals surface area (Å²) in [7, 11) is 1.67. The number of carbonyl (C=O) groups is 2. The summed E-state index contributed by atoms with van der Waals surface area (Å²) in [6.07, 6.45) is 0.302. The van der Waals surface area contributed by atoms with Gasteiger partial charge in [0.2, 0.25) is 0 Å². The van der Waals surface area contributed by atoms with Gasteiger partial charge in [0.05, 0.1) is 0 Å². The van der Waals surface area contributed by atoms with Gasteiger partial charge in [0.15, 0.2) is 5.78 Å². The summed E-state index contributed by atoms with van der Waals surface area (Å²) in [6.45, 7) is 5.77. The molecule has 0 saturated heterocycles. The number of rotatable bonds is 6. The van der Waals surface area contributed by atoms with Crippen molar-refractivity contribution in [1.82, 2.24) is 4.90 Å². The molecule has 0 saturated carbocycles. The number of Topliss-reactive ketones (excluding diaryl/α,β-unsaturated/α-hetero) is 1. The maximum atomic E-state index is 13.0. The summed E-state index contributed by atoms with van der Waals surface area (Å²) in [5.41, 5.74) is 2.18. The minimum atomic E-state index is -0.444. The molecule has 0 radical (unpaired) electrons. The maximum absolute atomic E-state index is 13.0. The molecule has 0 heterocycles. The van der Waals surface area contributed by atoms with Crippen LogP contribution in [0.25, 0.3) is 0 Å². The molecule has 0 spiro atoms. The number of halogens is 1. The number of hydrogen-bond acceptors (Lipinski definition) is 3. The number of ether oxygens (including phenoxy) is 1. The second-order valence-electron chi connectivity index (χ2n) is 7.52. The van der Waals surface area contributed by atoms with Crippen LogP contribution < -0.4 is 0 Å².